The summed E-state index contributed by atoms with van der Waals surface area (Å²) in [5, 5.41) is 18.0. The van der Waals surface area contributed by atoms with Crippen molar-refractivity contribution in [3.63, 3.8) is 0 Å². The van der Waals surface area contributed by atoms with Gasteiger partial charge in [0, 0.05) is 17.2 Å². The highest BCUT2D eigenvalue weighted by Crippen LogP contribution is 2.35. The fourth-order valence-corrected chi connectivity index (χ4v) is 6.89. The molecule has 2 aliphatic heterocycles. The van der Waals surface area contributed by atoms with E-state index in [9.17, 15) is 19.5 Å². The number of hydrogen-bond acceptors (Lipinski definition) is 8. The van der Waals surface area contributed by atoms with Crippen LogP contribution in [-0.2, 0) is 19.1 Å². The number of carboxylic acids is 1. The second-order valence-corrected chi connectivity index (χ2v) is 11.2. The van der Waals surface area contributed by atoms with Crippen molar-refractivity contribution in [2.75, 3.05) is 38.5 Å². The Hall–Kier alpha value is -1.04. The first-order chi connectivity index (χ1) is 16.5. The quantitative estimate of drug-likeness (QED) is 0.252. The first-order valence-corrected chi connectivity index (χ1v) is 14.2. The number of carboxylic acid groups (broad SMARTS) is 1. The molecule has 1 aromatic rings. The van der Waals surface area contributed by atoms with Crippen molar-refractivity contribution < 1.29 is 24.2 Å². The van der Waals surface area contributed by atoms with Gasteiger partial charge in [0.1, 0.15) is 12.6 Å². The SMILES string of the molecule is CCOC(=O)[C@H](CCCCC1CCNCC1)NC1CSC(c2cccs2)CN(CC(=O)O)C1=O.Cl.Cl. The van der Waals surface area contributed by atoms with Gasteiger partial charge < -0.3 is 20.1 Å². The lowest BCUT2D eigenvalue weighted by Crippen LogP contribution is -2.53. The van der Waals surface area contributed by atoms with Crippen molar-refractivity contribution in [1.29, 1.82) is 0 Å². The molecule has 12 heteroatoms. The zero-order valence-corrected chi connectivity index (χ0v) is 24.0. The Morgan fingerprint density at radius 2 is 2.03 bits per heavy atom. The fourth-order valence-electron chi connectivity index (χ4n) is 4.63. The number of halogens is 2. The Morgan fingerprint density at radius 1 is 1.28 bits per heavy atom. The lowest BCUT2D eigenvalue weighted by molar-refractivity contribution is -0.148. The molecule has 0 aliphatic carbocycles. The summed E-state index contributed by atoms with van der Waals surface area (Å²) >= 11 is 3.24. The van der Waals surface area contributed by atoms with E-state index in [2.05, 4.69) is 10.6 Å². The summed E-state index contributed by atoms with van der Waals surface area (Å²) in [6.07, 6.45) is 6.10. The van der Waals surface area contributed by atoms with Crippen LogP contribution in [0.4, 0.5) is 0 Å². The molecule has 2 fully saturated rings. The number of rotatable bonds is 12. The van der Waals surface area contributed by atoms with E-state index < -0.39 is 18.1 Å². The van der Waals surface area contributed by atoms with Crippen LogP contribution in [0.15, 0.2) is 17.5 Å². The van der Waals surface area contributed by atoms with Crippen LogP contribution in [0.1, 0.15) is 55.6 Å². The summed E-state index contributed by atoms with van der Waals surface area (Å²) in [6.45, 7) is 4.22. The first kappa shape index (κ1) is 33.0. The number of nitrogens with one attached hydrogen (secondary N) is 2. The molecule has 3 heterocycles. The predicted molar refractivity (Wildman–Crippen MR) is 150 cm³/mol. The number of thiophene rings is 1. The highest BCUT2D eigenvalue weighted by molar-refractivity contribution is 7.99. The van der Waals surface area contributed by atoms with Gasteiger partial charge in [-0.2, -0.15) is 0 Å². The highest BCUT2D eigenvalue weighted by Gasteiger charge is 2.36. The third kappa shape index (κ3) is 10.4. The van der Waals surface area contributed by atoms with Crippen LogP contribution in [0.2, 0.25) is 0 Å². The minimum Gasteiger partial charge on any atom is -0.480 e. The van der Waals surface area contributed by atoms with Gasteiger partial charge in [-0.3, -0.25) is 19.7 Å². The second kappa shape index (κ2) is 17.5. The minimum absolute atomic E-state index is 0. The number of esters is 1. The standard InChI is InChI=1S/C24H37N3O5S2.2ClH/c1-2-32-24(31)18(7-4-3-6-17-9-11-25-12-10-17)26-19-16-34-21(20-8-5-13-33-20)14-27(23(19)30)15-22(28)29;;/h5,8,13,17-19,21,25-26H,2-4,6-7,9-12,14-16H2,1H3,(H,28,29);2*1H/t18-,19?,21?;;/m0../s1. The van der Waals surface area contributed by atoms with Crippen LogP contribution < -0.4 is 10.6 Å². The molecule has 3 N–H and O–H groups in total. The monoisotopic (exact) mass is 583 g/mol. The molecule has 36 heavy (non-hydrogen) atoms. The number of unbranched alkanes of at least 4 members (excludes halogenated alkanes) is 1. The van der Waals surface area contributed by atoms with Crippen LogP contribution in [0.25, 0.3) is 0 Å². The molecule has 1 amide bonds. The Bertz CT molecular complexity index is 797. The van der Waals surface area contributed by atoms with E-state index in [-0.39, 0.29) is 55.1 Å². The van der Waals surface area contributed by atoms with Gasteiger partial charge in [0.15, 0.2) is 0 Å². The summed E-state index contributed by atoms with van der Waals surface area (Å²) in [5.41, 5.74) is 0. The molecule has 206 valence electrons. The van der Waals surface area contributed by atoms with E-state index in [1.165, 1.54) is 17.7 Å². The van der Waals surface area contributed by atoms with Gasteiger partial charge in [-0.25, -0.2) is 0 Å². The van der Waals surface area contributed by atoms with Crippen molar-refractivity contribution in [3.05, 3.63) is 22.4 Å². The average molecular weight is 585 g/mol. The van der Waals surface area contributed by atoms with Crippen molar-refractivity contribution in [1.82, 2.24) is 15.5 Å². The summed E-state index contributed by atoms with van der Waals surface area (Å²) in [7, 11) is 0. The number of ether oxygens (including phenoxy) is 1. The van der Waals surface area contributed by atoms with Crippen LogP contribution in [0.3, 0.4) is 0 Å². The third-order valence-electron chi connectivity index (χ3n) is 6.43. The van der Waals surface area contributed by atoms with Gasteiger partial charge in [0.2, 0.25) is 5.91 Å². The summed E-state index contributed by atoms with van der Waals surface area (Å²) in [6, 6.07) is 2.77. The largest absolute Gasteiger partial charge is 0.480 e. The molecule has 8 nitrogen and oxygen atoms in total. The van der Waals surface area contributed by atoms with Crippen LogP contribution in [0, 0.1) is 5.92 Å². The van der Waals surface area contributed by atoms with Gasteiger partial charge in [0.25, 0.3) is 0 Å². The number of hydrogen-bond donors (Lipinski definition) is 3. The number of nitrogens with zero attached hydrogens (tertiary/aromatic N) is 1. The minimum atomic E-state index is -1.04. The van der Waals surface area contributed by atoms with E-state index in [4.69, 9.17) is 4.74 Å². The Balaban J connectivity index is 0.00000324. The molecule has 3 atom stereocenters. The fraction of sp³-hybridized carbons (Fsp3) is 0.708. The second-order valence-electron chi connectivity index (χ2n) is 8.95. The predicted octanol–water partition coefficient (Wildman–Crippen LogP) is 3.74. The summed E-state index contributed by atoms with van der Waals surface area (Å²) in [4.78, 5) is 40.0. The topological polar surface area (TPSA) is 108 Å². The van der Waals surface area contributed by atoms with Gasteiger partial charge in [0.05, 0.1) is 17.9 Å². The molecule has 2 unspecified atom stereocenters. The maximum absolute atomic E-state index is 13.3. The smallest absolute Gasteiger partial charge is 0.323 e. The lowest BCUT2D eigenvalue weighted by atomic mass is 9.92. The number of carbonyl (C=O) groups excluding carboxylic acids is 2. The molecule has 3 rings (SSSR count). The van der Waals surface area contributed by atoms with Gasteiger partial charge in [-0.15, -0.1) is 47.9 Å². The molecule has 1 aromatic heterocycles. The zero-order valence-electron chi connectivity index (χ0n) is 20.7. The zero-order chi connectivity index (χ0) is 24.3. The maximum Gasteiger partial charge on any atom is 0.323 e. The van der Waals surface area contributed by atoms with Crippen LogP contribution >= 0.6 is 47.9 Å². The molecule has 2 aliphatic rings. The van der Waals surface area contributed by atoms with Crippen molar-refractivity contribution >= 4 is 65.8 Å². The normalized spacial score (nSPS) is 21.6. The third-order valence-corrected chi connectivity index (χ3v) is 8.90. The molecule has 0 saturated carbocycles. The molecule has 0 aromatic carbocycles. The number of piperidine rings is 1. The Morgan fingerprint density at radius 3 is 2.67 bits per heavy atom. The molecule has 0 spiro atoms. The van der Waals surface area contributed by atoms with Crippen LogP contribution in [-0.4, -0.2) is 78.5 Å². The molecule has 0 bridgehead atoms. The molecule has 2 saturated heterocycles. The molecule has 0 radical (unpaired) electrons. The van der Waals surface area contributed by atoms with Gasteiger partial charge in [-0.1, -0.05) is 25.3 Å². The van der Waals surface area contributed by atoms with Crippen molar-refractivity contribution in [2.45, 2.75) is 62.8 Å². The molecular formula is C24H39Cl2N3O5S2. The number of aliphatic carboxylic acids is 1. The maximum atomic E-state index is 13.3. The first-order valence-electron chi connectivity index (χ1n) is 12.3. The Labute approximate surface area is 234 Å². The van der Waals surface area contributed by atoms with Gasteiger partial charge >= 0.3 is 11.9 Å². The molecular weight excluding hydrogens is 545 g/mol. The Kier molecular flexibility index (Phi) is 16.0. The summed E-state index contributed by atoms with van der Waals surface area (Å²) < 4.78 is 5.30. The lowest BCUT2D eigenvalue weighted by Gasteiger charge is -2.27. The van der Waals surface area contributed by atoms with E-state index in [0.717, 1.165) is 43.1 Å². The number of thioether (sulfide) groups is 1. The van der Waals surface area contributed by atoms with E-state index in [1.807, 2.05) is 17.5 Å². The summed E-state index contributed by atoms with van der Waals surface area (Å²) in [5.74, 6) is -0.427. The van der Waals surface area contributed by atoms with E-state index in [1.54, 1.807) is 30.0 Å². The number of carbonyl (C=O) groups is 3. The van der Waals surface area contributed by atoms with Crippen molar-refractivity contribution in [2.24, 2.45) is 5.92 Å². The van der Waals surface area contributed by atoms with Gasteiger partial charge in [-0.05, 0) is 56.6 Å². The number of amides is 1. The average Bonchev–Trinajstić information content (AvgIpc) is 3.31. The highest BCUT2D eigenvalue weighted by atomic mass is 35.5. The van der Waals surface area contributed by atoms with E-state index >= 15 is 0 Å². The van der Waals surface area contributed by atoms with Crippen LogP contribution in [0.5, 0.6) is 0 Å². The van der Waals surface area contributed by atoms with Crippen molar-refractivity contribution in [3.8, 4) is 0 Å². The van der Waals surface area contributed by atoms with E-state index in [0.29, 0.717) is 18.7 Å².